The number of nitrogens with one attached hydrogen (secondary N) is 3. The summed E-state index contributed by atoms with van der Waals surface area (Å²) in [4.78, 5) is 44.9. The fraction of sp³-hybridized carbons (Fsp3) is 0.100. The number of carbonyl (C=O) groups is 3. The fourth-order valence-electron chi connectivity index (χ4n) is 4.99. The molecule has 0 aliphatic heterocycles. The summed E-state index contributed by atoms with van der Waals surface area (Å²) in [5.41, 5.74) is 4.61. The van der Waals surface area contributed by atoms with Gasteiger partial charge in [0.25, 0.3) is 11.8 Å². The molecule has 3 N–H and O–H groups in total. The number of benzene rings is 5. The maximum atomic E-state index is 13.5. The molecule has 6 rings (SSSR count). The van der Waals surface area contributed by atoms with Crippen molar-refractivity contribution < 1.29 is 23.5 Å². The highest BCUT2D eigenvalue weighted by Crippen LogP contribution is 2.28. The van der Waals surface area contributed by atoms with Gasteiger partial charge in [-0.1, -0.05) is 48.5 Å². The van der Waals surface area contributed by atoms with Crippen LogP contribution in [0.2, 0.25) is 0 Å². The number of hydrogen-bond acceptors (Lipinski definition) is 7. The van der Waals surface area contributed by atoms with E-state index in [0.717, 1.165) is 21.6 Å². The third-order valence-electron chi connectivity index (χ3n) is 7.54. The number of nitrogens with zero attached hydrogens (tertiary/aromatic N) is 1. The highest BCUT2D eigenvalue weighted by molar-refractivity contribution is 8.00. The minimum absolute atomic E-state index is 0.0524. The molecular weight excluding hydrogens is 649 g/mol. The molecule has 1 heterocycles. The number of oxazole rings is 1. The average molecular weight is 683 g/mol. The summed E-state index contributed by atoms with van der Waals surface area (Å²) in [5, 5.41) is 8.18. The van der Waals surface area contributed by atoms with Gasteiger partial charge in [0.15, 0.2) is 5.58 Å². The topological polar surface area (TPSA) is 123 Å². The van der Waals surface area contributed by atoms with E-state index in [1.165, 1.54) is 11.8 Å². The lowest BCUT2D eigenvalue weighted by molar-refractivity contribution is -0.115. The van der Waals surface area contributed by atoms with Gasteiger partial charge in [-0.3, -0.25) is 14.4 Å². The van der Waals surface area contributed by atoms with Crippen LogP contribution in [0, 0.1) is 0 Å². The first kappa shape index (κ1) is 33.8. The molecule has 0 saturated carbocycles. The summed E-state index contributed by atoms with van der Waals surface area (Å²) in [6.07, 6.45) is 1.59. The molecule has 0 fully saturated rings. The van der Waals surface area contributed by atoms with Gasteiger partial charge < -0.3 is 25.1 Å². The van der Waals surface area contributed by atoms with Gasteiger partial charge in [-0.25, -0.2) is 4.98 Å². The van der Waals surface area contributed by atoms with Crippen LogP contribution < -0.4 is 20.7 Å². The van der Waals surface area contributed by atoms with Gasteiger partial charge in [0, 0.05) is 33.0 Å². The number of anilines is 2. The third kappa shape index (κ3) is 8.47. The van der Waals surface area contributed by atoms with E-state index < -0.39 is 17.1 Å². The van der Waals surface area contributed by atoms with Crippen LogP contribution in [0.3, 0.4) is 0 Å². The molecule has 0 aliphatic carbocycles. The SMILES string of the molecule is CCOc1ccccc1/C=C(\NC(=O)c1ccccc1)C(=O)Nc1ccc(SC(C)C(=O)Nc2ccc(-c3nc4ccccc4o3)cc2)cc1. The van der Waals surface area contributed by atoms with Crippen LogP contribution in [0.5, 0.6) is 5.75 Å². The lowest BCUT2D eigenvalue weighted by Gasteiger charge is -2.14. The number of aromatic nitrogens is 1. The molecule has 0 aliphatic rings. The van der Waals surface area contributed by atoms with E-state index in [2.05, 4.69) is 20.9 Å². The molecule has 9 nitrogen and oxygen atoms in total. The second-order valence-corrected chi connectivity index (χ2v) is 12.6. The summed E-state index contributed by atoms with van der Waals surface area (Å²) in [7, 11) is 0. The minimum Gasteiger partial charge on any atom is -0.493 e. The van der Waals surface area contributed by atoms with Crippen molar-refractivity contribution in [3.63, 3.8) is 0 Å². The van der Waals surface area contributed by atoms with E-state index in [4.69, 9.17) is 9.15 Å². The smallest absolute Gasteiger partial charge is 0.272 e. The predicted molar refractivity (Wildman–Crippen MR) is 198 cm³/mol. The quantitative estimate of drug-likeness (QED) is 0.0875. The van der Waals surface area contributed by atoms with E-state index in [9.17, 15) is 14.4 Å². The van der Waals surface area contributed by atoms with Crippen LogP contribution in [0.1, 0.15) is 29.8 Å². The largest absolute Gasteiger partial charge is 0.493 e. The number of fused-ring (bicyclic) bond motifs is 1. The monoisotopic (exact) mass is 682 g/mol. The molecule has 10 heteroatoms. The minimum atomic E-state index is -0.504. The summed E-state index contributed by atoms with van der Waals surface area (Å²) in [6.45, 7) is 4.15. The van der Waals surface area contributed by atoms with Gasteiger partial charge >= 0.3 is 0 Å². The summed E-state index contributed by atoms with van der Waals surface area (Å²) in [6, 6.07) is 38.1. The van der Waals surface area contributed by atoms with Crippen molar-refractivity contribution in [1.29, 1.82) is 0 Å². The van der Waals surface area contributed by atoms with Gasteiger partial charge in [0.05, 0.1) is 11.9 Å². The molecule has 1 unspecified atom stereocenters. The number of rotatable bonds is 12. The lowest BCUT2D eigenvalue weighted by atomic mass is 10.1. The Labute approximate surface area is 293 Å². The molecule has 0 saturated heterocycles. The van der Waals surface area contributed by atoms with E-state index in [1.54, 1.807) is 48.5 Å². The second-order valence-electron chi connectivity index (χ2n) is 11.1. The van der Waals surface area contributed by atoms with Gasteiger partial charge in [0.1, 0.15) is 17.0 Å². The van der Waals surface area contributed by atoms with Crippen molar-refractivity contribution in [3.05, 3.63) is 144 Å². The first-order valence-corrected chi connectivity index (χ1v) is 16.9. The van der Waals surface area contributed by atoms with Crippen LogP contribution in [0.15, 0.2) is 142 Å². The van der Waals surface area contributed by atoms with E-state index >= 15 is 0 Å². The van der Waals surface area contributed by atoms with Crippen molar-refractivity contribution in [3.8, 4) is 17.2 Å². The van der Waals surface area contributed by atoms with Crippen LogP contribution in [0.25, 0.3) is 28.6 Å². The van der Waals surface area contributed by atoms with Gasteiger partial charge in [-0.05, 0) is 98.8 Å². The molecule has 3 amide bonds. The Hall–Kier alpha value is -6.13. The molecule has 0 bridgehead atoms. The Kier molecular flexibility index (Phi) is 10.7. The van der Waals surface area contributed by atoms with Crippen molar-refractivity contribution in [2.45, 2.75) is 24.0 Å². The van der Waals surface area contributed by atoms with Crippen molar-refractivity contribution in [1.82, 2.24) is 10.3 Å². The van der Waals surface area contributed by atoms with E-state index in [-0.39, 0.29) is 11.6 Å². The number of ether oxygens (including phenoxy) is 1. The Bertz CT molecular complexity index is 2110. The van der Waals surface area contributed by atoms with Gasteiger partial charge in [0.2, 0.25) is 11.8 Å². The average Bonchev–Trinajstić information content (AvgIpc) is 3.58. The first-order valence-electron chi connectivity index (χ1n) is 16.0. The number of hydrogen-bond donors (Lipinski definition) is 3. The standard InChI is InChI=1S/C40H34N4O5S/c1-3-48-35-15-9-7-13-29(35)25-34(43-38(46)27-11-5-4-6-12-27)39(47)42-31-21-23-32(24-22-31)50-26(2)37(45)41-30-19-17-28(18-20-30)40-44-33-14-8-10-16-36(33)49-40/h4-26H,3H2,1-2H3,(H,41,45)(H,42,47)(H,43,46)/b34-25-. The molecular formula is C40H34N4O5S. The molecule has 0 spiro atoms. The maximum absolute atomic E-state index is 13.5. The van der Waals surface area contributed by atoms with E-state index in [1.807, 2.05) is 98.8 Å². The van der Waals surface area contributed by atoms with Crippen LogP contribution in [-0.2, 0) is 9.59 Å². The third-order valence-corrected chi connectivity index (χ3v) is 8.65. The molecule has 1 aromatic heterocycles. The zero-order chi connectivity index (χ0) is 34.9. The predicted octanol–water partition coefficient (Wildman–Crippen LogP) is 8.42. The molecule has 0 radical (unpaired) electrons. The lowest BCUT2D eigenvalue weighted by Crippen LogP contribution is -2.30. The number of carbonyl (C=O) groups excluding carboxylic acids is 3. The van der Waals surface area contributed by atoms with Crippen LogP contribution in [0.4, 0.5) is 11.4 Å². The molecule has 5 aromatic carbocycles. The van der Waals surface area contributed by atoms with Crippen molar-refractivity contribution in [2.24, 2.45) is 0 Å². The Morgan fingerprint density at radius 2 is 1.46 bits per heavy atom. The summed E-state index contributed by atoms with van der Waals surface area (Å²) in [5.74, 6) is 0.0302. The highest BCUT2D eigenvalue weighted by Gasteiger charge is 2.18. The maximum Gasteiger partial charge on any atom is 0.272 e. The Balaban J connectivity index is 1.08. The zero-order valence-corrected chi connectivity index (χ0v) is 28.2. The summed E-state index contributed by atoms with van der Waals surface area (Å²) < 4.78 is 11.6. The molecule has 50 heavy (non-hydrogen) atoms. The number of amides is 3. The van der Waals surface area contributed by atoms with Crippen LogP contribution in [-0.4, -0.2) is 34.6 Å². The number of thioether (sulfide) groups is 1. The summed E-state index contributed by atoms with van der Waals surface area (Å²) >= 11 is 1.39. The van der Waals surface area contributed by atoms with Crippen molar-refractivity contribution in [2.75, 3.05) is 17.2 Å². The normalized spacial score (nSPS) is 11.8. The molecule has 250 valence electrons. The number of para-hydroxylation sites is 3. The molecule has 1 atom stereocenters. The zero-order valence-electron chi connectivity index (χ0n) is 27.4. The first-order chi connectivity index (χ1) is 24.4. The highest BCUT2D eigenvalue weighted by atomic mass is 32.2. The van der Waals surface area contributed by atoms with Gasteiger partial charge in [-0.2, -0.15) is 0 Å². The fourth-order valence-corrected chi connectivity index (χ4v) is 5.86. The van der Waals surface area contributed by atoms with Crippen LogP contribution >= 0.6 is 11.8 Å². The molecule has 6 aromatic rings. The second kappa shape index (κ2) is 15.8. The Morgan fingerprint density at radius 3 is 2.20 bits per heavy atom. The van der Waals surface area contributed by atoms with Crippen molar-refractivity contribution >= 4 is 58.0 Å². The van der Waals surface area contributed by atoms with E-state index in [0.29, 0.717) is 40.7 Å². The van der Waals surface area contributed by atoms with Gasteiger partial charge in [-0.15, -0.1) is 11.8 Å². The Morgan fingerprint density at radius 1 is 0.800 bits per heavy atom.